The first-order chi connectivity index (χ1) is 13.7. The van der Waals surface area contributed by atoms with Gasteiger partial charge in [0.15, 0.2) is 0 Å². The lowest BCUT2D eigenvalue weighted by Gasteiger charge is -2.25. The number of likely N-dealkylation sites (tertiary alicyclic amines) is 1. The van der Waals surface area contributed by atoms with E-state index >= 15 is 0 Å². The van der Waals surface area contributed by atoms with Gasteiger partial charge in [0.2, 0.25) is 5.89 Å². The van der Waals surface area contributed by atoms with Gasteiger partial charge in [-0.1, -0.05) is 36.2 Å². The summed E-state index contributed by atoms with van der Waals surface area (Å²) >= 11 is 11.5. The highest BCUT2D eigenvalue weighted by Gasteiger charge is 2.14. The topological polar surface area (TPSA) is 43.4 Å². The van der Waals surface area contributed by atoms with E-state index in [4.69, 9.17) is 33.0 Å². The fraction of sp³-hybridized carbons (Fsp3) is 0.333. The summed E-state index contributed by atoms with van der Waals surface area (Å²) in [6.07, 6.45) is 3.76. The van der Waals surface area contributed by atoms with Crippen molar-refractivity contribution in [3.63, 3.8) is 0 Å². The van der Waals surface area contributed by atoms with Crippen LogP contribution in [0.15, 0.2) is 52.9 Å². The maximum atomic E-state index is 6.17. The maximum Gasteiger partial charge on any atom is 0.288 e. The second kappa shape index (κ2) is 8.90. The molecule has 5 nitrogen and oxygen atoms in total. The van der Waals surface area contributed by atoms with Crippen molar-refractivity contribution in [2.24, 2.45) is 0 Å². The highest BCUT2D eigenvalue weighted by atomic mass is 35.5. The summed E-state index contributed by atoms with van der Waals surface area (Å²) in [7, 11) is 0. The number of rotatable bonds is 6. The second-order valence-corrected chi connectivity index (χ2v) is 7.65. The van der Waals surface area contributed by atoms with Crippen LogP contribution in [0.3, 0.4) is 0 Å². The van der Waals surface area contributed by atoms with E-state index in [0.717, 1.165) is 30.0 Å². The molecule has 4 rings (SSSR count). The Labute approximate surface area is 174 Å². The van der Waals surface area contributed by atoms with Crippen molar-refractivity contribution in [2.45, 2.75) is 32.5 Å². The number of hydrogen-bond acceptors (Lipinski definition) is 5. The molecule has 1 saturated heterocycles. The quantitative estimate of drug-likeness (QED) is 0.494. The Bertz CT molecular complexity index is 978. The third kappa shape index (κ3) is 4.63. The molecule has 2 heterocycles. The first kappa shape index (κ1) is 19.2. The first-order valence-electron chi connectivity index (χ1n) is 9.46. The van der Waals surface area contributed by atoms with Crippen LogP contribution >= 0.6 is 23.8 Å². The molecule has 0 bridgehead atoms. The van der Waals surface area contributed by atoms with E-state index in [1.807, 2.05) is 48.5 Å². The number of halogens is 1. The van der Waals surface area contributed by atoms with Crippen LogP contribution in [-0.2, 0) is 13.3 Å². The van der Waals surface area contributed by atoms with Crippen LogP contribution in [-0.4, -0.2) is 27.8 Å². The van der Waals surface area contributed by atoms with Gasteiger partial charge in [-0.3, -0.25) is 4.90 Å². The highest BCUT2D eigenvalue weighted by Crippen LogP contribution is 2.23. The van der Waals surface area contributed by atoms with Gasteiger partial charge in [-0.05, 0) is 68.5 Å². The van der Waals surface area contributed by atoms with Crippen LogP contribution < -0.4 is 4.74 Å². The van der Waals surface area contributed by atoms with E-state index < -0.39 is 0 Å². The Morgan fingerprint density at radius 2 is 1.79 bits per heavy atom. The predicted octanol–water partition coefficient (Wildman–Crippen LogP) is 5.55. The van der Waals surface area contributed by atoms with Gasteiger partial charge in [-0.15, -0.1) is 5.10 Å². The minimum atomic E-state index is 0.402. The molecule has 0 N–H and O–H groups in total. The van der Waals surface area contributed by atoms with E-state index in [1.54, 1.807) is 4.68 Å². The molecule has 28 heavy (non-hydrogen) atoms. The van der Waals surface area contributed by atoms with Crippen molar-refractivity contribution < 1.29 is 9.15 Å². The normalized spacial score (nSPS) is 14.9. The Morgan fingerprint density at radius 1 is 1.04 bits per heavy atom. The number of benzene rings is 2. The largest absolute Gasteiger partial charge is 0.489 e. The minimum absolute atomic E-state index is 0.402. The lowest BCUT2D eigenvalue weighted by Crippen LogP contribution is -2.32. The minimum Gasteiger partial charge on any atom is -0.489 e. The molecule has 0 amide bonds. The van der Waals surface area contributed by atoms with Crippen LogP contribution in [0, 0.1) is 4.84 Å². The van der Waals surface area contributed by atoms with E-state index in [0.29, 0.717) is 29.0 Å². The Kier molecular flexibility index (Phi) is 6.10. The van der Waals surface area contributed by atoms with Gasteiger partial charge < -0.3 is 9.15 Å². The first-order valence-corrected chi connectivity index (χ1v) is 10.2. The molecule has 146 valence electrons. The van der Waals surface area contributed by atoms with Crippen molar-refractivity contribution >= 4 is 23.8 Å². The highest BCUT2D eigenvalue weighted by molar-refractivity contribution is 7.71. The fourth-order valence-corrected chi connectivity index (χ4v) is 3.64. The summed E-state index contributed by atoms with van der Waals surface area (Å²) in [5.41, 5.74) is 1.82. The average Bonchev–Trinajstić information content (AvgIpc) is 3.09. The van der Waals surface area contributed by atoms with Gasteiger partial charge in [-0.25, -0.2) is 4.68 Å². The molecule has 1 aliphatic rings. The zero-order valence-electron chi connectivity index (χ0n) is 15.5. The number of piperidine rings is 1. The van der Waals surface area contributed by atoms with Gasteiger partial charge in [0.05, 0.1) is 6.67 Å². The fourth-order valence-electron chi connectivity index (χ4n) is 3.27. The van der Waals surface area contributed by atoms with Gasteiger partial charge in [0, 0.05) is 16.1 Å². The molecule has 3 aromatic rings. The van der Waals surface area contributed by atoms with Gasteiger partial charge >= 0.3 is 0 Å². The molecule has 7 heteroatoms. The van der Waals surface area contributed by atoms with Gasteiger partial charge in [0.1, 0.15) is 12.4 Å². The van der Waals surface area contributed by atoms with Crippen molar-refractivity contribution in [1.29, 1.82) is 0 Å². The van der Waals surface area contributed by atoms with Crippen LogP contribution in [0.4, 0.5) is 0 Å². The zero-order chi connectivity index (χ0) is 19.3. The molecule has 0 saturated carbocycles. The molecule has 0 aliphatic carbocycles. The monoisotopic (exact) mass is 415 g/mol. The molecule has 0 radical (unpaired) electrons. The number of ether oxygens (including phenoxy) is 1. The molecular weight excluding hydrogens is 394 g/mol. The maximum absolute atomic E-state index is 6.17. The standard InChI is InChI=1S/C21H22ClN3O2S/c22-19-7-3-2-6-17(19)14-26-18-10-8-16(9-11-18)20-23-25(21(28)27-20)15-24-12-4-1-5-13-24/h2-3,6-11H,1,4-5,12-15H2. The second-order valence-electron chi connectivity index (χ2n) is 6.90. The van der Waals surface area contributed by atoms with Gasteiger partial charge in [-0.2, -0.15) is 0 Å². The van der Waals surface area contributed by atoms with Crippen LogP contribution in [0.1, 0.15) is 24.8 Å². The van der Waals surface area contributed by atoms with Crippen molar-refractivity contribution in [1.82, 2.24) is 14.7 Å². The van der Waals surface area contributed by atoms with E-state index in [-0.39, 0.29) is 0 Å². The molecule has 1 aromatic heterocycles. The van der Waals surface area contributed by atoms with E-state index in [2.05, 4.69) is 10.00 Å². The summed E-state index contributed by atoms with van der Waals surface area (Å²) < 4.78 is 13.3. The van der Waals surface area contributed by atoms with Crippen molar-refractivity contribution in [2.75, 3.05) is 13.1 Å². The Morgan fingerprint density at radius 3 is 2.54 bits per heavy atom. The van der Waals surface area contributed by atoms with E-state index in [9.17, 15) is 0 Å². The van der Waals surface area contributed by atoms with E-state index in [1.165, 1.54) is 19.3 Å². The average molecular weight is 416 g/mol. The molecule has 0 atom stereocenters. The lowest BCUT2D eigenvalue weighted by atomic mass is 10.1. The lowest BCUT2D eigenvalue weighted by molar-refractivity contribution is 0.170. The molecular formula is C21H22ClN3O2S. The zero-order valence-corrected chi connectivity index (χ0v) is 17.1. The number of aromatic nitrogens is 2. The third-order valence-corrected chi connectivity index (χ3v) is 5.51. The number of nitrogens with zero attached hydrogens (tertiary/aromatic N) is 3. The summed E-state index contributed by atoms with van der Waals surface area (Å²) in [6.45, 7) is 3.27. The van der Waals surface area contributed by atoms with Gasteiger partial charge in [0.25, 0.3) is 4.84 Å². The number of hydrogen-bond donors (Lipinski definition) is 0. The third-order valence-electron chi connectivity index (χ3n) is 4.84. The molecule has 2 aromatic carbocycles. The molecule has 1 fully saturated rings. The van der Waals surface area contributed by atoms with Crippen molar-refractivity contribution in [3.8, 4) is 17.2 Å². The van der Waals surface area contributed by atoms with Crippen LogP contribution in [0.2, 0.25) is 5.02 Å². The van der Waals surface area contributed by atoms with Crippen molar-refractivity contribution in [3.05, 3.63) is 64.0 Å². The predicted molar refractivity (Wildman–Crippen MR) is 112 cm³/mol. The summed E-state index contributed by atoms with van der Waals surface area (Å²) in [5.74, 6) is 1.29. The van der Waals surface area contributed by atoms with Crippen LogP contribution in [0.5, 0.6) is 5.75 Å². The Balaban J connectivity index is 1.41. The SMILES string of the molecule is S=c1oc(-c2ccc(OCc3ccccc3Cl)cc2)nn1CN1CCCCC1. The molecule has 1 aliphatic heterocycles. The smallest absolute Gasteiger partial charge is 0.288 e. The summed E-state index contributed by atoms with van der Waals surface area (Å²) in [4.78, 5) is 2.76. The molecule has 0 unspecified atom stereocenters. The summed E-state index contributed by atoms with van der Waals surface area (Å²) in [6, 6.07) is 15.3. The Hall–Kier alpha value is -2.15. The van der Waals surface area contributed by atoms with Crippen LogP contribution in [0.25, 0.3) is 11.5 Å². The summed E-state index contributed by atoms with van der Waals surface area (Å²) in [5, 5.41) is 5.26. The molecule has 0 spiro atoms.